The maximum absolute atomic E-state index is 12.4. The molecule has 7 heteroatoms. The topological polar surface area (TPSA) is 115 Å². The number of hydrogen-bond donors (Lipinski definition) is 4. The Balaban J connectivity index is 1.75. The molecule has 0 unspecified atom stereocenters. The fourth-order valence-electron chi connectivity index (χ4n) is 4.07. The van der Waals surface area contributed by atoms with Gasteiger partial charge in [0.15, 0.2) is 0 Å². The van der Waals surface area contributed by atoms with Crippen molar-refractivity contribution in [2.75, 3.05) is 0 Å². The standard InChI is InChI=1S/C24H26N2O5/c1-24(2,3)17-11-20-21(15-6-4-5-7-19(15)31-20)16(22(17)29)12-25-26-23(30)14-9-8-13(27)10-18(14)28/h8-12,27-29H,4-7H2,1-3H3,(H,26,30)/b25-12+. The third-order valence-corrected chi connectivity index (χ3v) is 5.65. The number of aromatic hydroxyl groups is 3. The van der Waals surface area contributed by atoms with Gasteiger partial charge in [0.2, 0.25) is 0 Å². The van der Waals surface area contributed by atoms with Crippen molar-refractivity contribution in [1.29, 1.82) is 0 Å². The first-order valence-electron chi connectivity index (χ1n) is 10.3. The highest BCUT2D eigenvalue weighted by Crippen LogP contribution is 2.42. The number of nitrogens with zero attached hydrogens (tertiary/aromatic N) is 1. The Morgan fingerprint density at radius 2 is 1.87 bits per heavy atom. The van der Waals surface area contributed by atoms with Crippen molar-refractivity contribution in [3.63, 3.8) is 0 Å². The number of benzene rings is 2. The Morgan fingerprint density at radius 3 is 2.58 bits per heavy atom. The number of rotatable bonds is 3. The molecule has 7 nitrogen and oxygen atoms in total. The number of carbonyl (C=O) groups excluding carboxylic acids is 1. The molecule has 1 heterocycles. The van der Waals surface area contributed by atoms with E-state index in [2.05, 4.69) is 10.5 Å². The summed E-state index contributed by atoms with van der Waals surface area (Å²) in [5, 5.41) is 35.2. The van der Waals surface area contributed by atoms with E-state index in [-0.39, 0.29) is 28.2 Å². The molecule has 0 spiro atoms. The van der Waals surface area contributed by atoms with Crippen LogP contribution in [0.15, 0.2) is 33.8 Å². The van der Waals surface area contributed by atoms with E-state index in [1.807, 2.05) is 26.8 Å². The number of hydrazone groups is 1. The van der Waals surface area contributed by atoms with Crippen LogP contribution in [0.3, 0.4) is 0 Å². The van der Waals surface area contributed by atoms with Gasteiger partial charge >= 0.3 is 0 Å². The van der Waals surface area contributed by atoms with Crippen LogP contribution in [-0.2, 0) is 18.3 Å². The lowest BCUT2D eigenvalue weighted by molar-refractivity contribution is 0.0952. The Hall–Kier alpha value is -3.48. The number of nitrogens with one attached hydrogen (secondary N) is 1. The summed E-state index contributed by atoms with van der Waals surface area (Å²) >= 11 is 0. The smallest absolute Gasteiger partial charge is 0.275 e. The zero-order chi connectivity index (χ0) is 22.3. The van der Waals surface area contributed by atoms with Gasteiger partial charge in [-0.3, -0.25) is 4.79 Å². The Kier molecular flexibility index (Phi) is 5.13. The second-order valence-electron chi connectivity index (χ2n) is 8.92. The first-order valence-corrected chi connectivity index (χ1v) is 10.3. The lowest BCUT2D eigenvalue weighted by Gasteiger charge is -2.21. The molecule has 4 rings (SSSR count). The summed E-state index contributed by atoms with van der Waals surface area (Å²) in [4.78, 5) is 12.4. The summed E-state index contributed by atoms with van der Waals surface area (Å²) in [5.74, 6) is -0.0742. The van der Waals surface area contributed by atoms with Crippen molar-refractivity contribution >= 4 is 23.1 Å². The molecule has 1 aliphatic carbocycles. The van der Waals surface area contributed by atoms with Gasteiger partial charge in [-0.15, -0.1) is 0 Å². The van der Waals surface area contributed by atoms with Crippen LogP contribution in [0.4, 0.5) is 0 Å². The maximum Gasteiger partial charge on any atom is 0.275 e. The van der Waals surface area contributed by atoms with E-state index in [9.17, 15) is 20.1 Å². The van der Waals surface area contributed by atoms with E-state index in [4.69, 9.17) is 4.42 Å². The molecule has 0 saturated heterocycles. The largest absolute Gasteiger partial charge is 0.508 e. The highest BCUT2D eigenvalue weighted by molar-refractivity contribution is 6.04. The molecule has 31 heavy (non-hydrogen) atoms. The Bertz CT molecular complexity index is 1200. The molecule has 2 aromatic carbocycles. The second kappa shape index (κ2) is 7.65. The summed E-state index contributed by atoms with van der Waals surface area (Å²) in [6.45, 7) is 6.02. The van der Waals surface area contributed by atoms with Crippen LogP contribution in [0.2, 0.25) is 0 Å². The van der Waals surface area contributed by atoms with Gasteiger partial charge in [-0.2, -0.15) is 5.10 Å². The summed E-state index contributed by atoms with van der Waals surface area (Å²) in [6.07, 6.45) is 5.28. The molecule has 0 radical (unpaired) electrons. The minimum Gasteiger partial charge on any atom is -0.508 e. The van der Waals surface area contributed by atoms with E-state index < -0.39 is 5.91 Å². The molecule has 4 N–H and O–H groups in total. The molecule has 0 saturated carbocycles. The molecule has 1 aliphatic rings. The van der Waals surface area contributed by atoms with Gasteiger partial charge in [-0.1, -0.05) is 20.8 Å². The van der Waals surface area contributed by atoms with Crippen LogP contribution in [0, 0.1) is 0 Å². The Morgan fingerprint density at radius 1 is 1.13 bits per heavy atom. The number of carbonyl (C=O) groups is 1. The second-order valence-corrected chi connectivity index (χ2v) is 8.92. The maximum atomic E-state index is 12.4. The van der Waals surface area contributed by atoms with Gasteiger partial charge in [0.1, 0.15) is 28.6 Å². The number of hydrogen-bond acceptors (Lipinski definition) is 6. The molecule has 0 bridgehead atoms. The zero-order valence-corrected chi connectivity index (χ0v) is 17.8. The predicted octanol–water partition coefficient (Wildman–Crippen LogP) is 4.49. The highest BCUT2D eigenvalue weighted by Gasteiger charge is 2.27. The molecule has 3 aromatic rings. The third kappa shape index (κ3) is 3.83. The van der Waals surface area contributed by atoms with Crippen LogP contribution in [0.25, 0.3) is 11.0 Å². The molecule has 162 valence electrons. The van der Waals surface area contributed by atoms with Gasteiger partial charge in [0, 0.05) is 34.6 Å². The van der Waals surface area contributed by atoms with Crippen molar-refractivity contribution in [2.24, 2.45) is 5.10 Å². The van der Waals surface area contributed by atoms with E-state index in [0.717, 1.165) is 54.0 Å². The Labute approximate surface area is 180 Å². The summed E-state index contributed by atoms with van der Waals surface area (Å²) in [5.41, 5.74) is 5.06. The summed E-state index contributed by atoms with van der Waals surface area (Å²) in [7, 11) is 0. The molecule has 0 atom stereocenters. The average Bonchev–Trinajstić information content (AvgIpc) is 3.06. The minimum absolute atomic E-state index is 0.0200. The van der Waals surface area contributed by atoms with E-state index in [0.29, 0.717) is 11.1 Å². The minimum atomic E-state index is -0.634. The summed E-state index contributed by atoms with van der Waals surface area (Å²) in [6, 6.07) is 5.59. The fourth-order valence-corrected chi connectivity index (χ4v) is 4.07. The molecule has 0 fully saturated rings. The van der Waals surface area contributed by atoms with Crippen molar-refractivity contribution in [3.8, 4) is 17.2 Å². The number of furan rings is 1. The van der Waals surface area contributed by atoms with Gasteiger partial charge in [-0.25, -0.2) is 5.43 Å². The predicted molar refractivity (Wildman–Crippen MR) is 118 cm³/mol. The number of phenolic OH excluding ortho intramolecular Hbond substituents is 3. The molecular weight excluding hydrogens is 396 g/mol. The van der Waals surface area contributed by atoms with E-state index in [1.54, 1.807) is 0 Å². The van der Waals surface area contributed by atoms with Gasteiger partial charge in [0.25, 0.3) is 5.91 Å². The van der Waals surface area contributed by atoms with Gasteiger partial charge < -0.3 is 19.7 Å². The monoisotopic (exact) mass is 422 g/mol. The first-order chi connectivity index (χ1) is 14.7. The quantitative estimate of drug-likeness (QED) is 0.367. The van der Waals surface area contributed by atoms with Crippen LogP contribution in [0.1, 0.15) is 66.4 Å². The normalized spacial score (nSPS) is 14.2. The molecule has 1 amide bonds. The lowest BCUT2D eigenvalue weighted by atomic mass is 9.83. The van der Waals surface area contributed by atoms with Gasteiger partial charge in [0.05, 0.1) is 11.8 Å². The van der Waals surface area contributed by atoms with Crippen molar-refractivity contribution in [3.05, 3.63) is 52.3 Å². The number of aryl methyl sites for hydroxylation is 2. The van der Waals surface area contributed by atoms with Crippen LogP contribution >= 0.6 is 0 Å². The lowest BCUT2D eigenvalue weighted by Crippen LogP contribution is -2.18. The van der Waals surface area contributed by atoms with Crippen molar-refractivity contribution in [1.82, 2.24) is 5.43 Å². The fraction of sp³-hybridized carbons (Fsp3) is 0.333. The highest BCUT2D eigenvalue weighted by atomic mass is 16.3. The van der Waals surface area contributed by atoms with Crippen LogP contribution in [0.5, 0.6) is 17.2 Å². The SMILES string of the molecule is CC(C)(C)c1cc2oc3c(c2c(/C=N/NC(=O)c2ccc(O)cc2O)c1O)CCCC3. The third-order valence-electron chi connectivity index (χ3n) is 5.65. The van der Waals surface area contributed by atoms with E-state index >= 15 is 0 Å². The van der Waals surface area contributed by atoms with Crippen molar-refractivity contribution < 1.29 is 24.5 Å². The molecular formula is C24H26N2O5. The van der Waals surface area contributed by atoms with Crippen molar-refractivity contribution in [2.45, 2.75) is 51.9 Å². The van der Waals surface area contributed by atoms with E-state index in [1.165, 1.54) is 18.3 Å². The number of fused-ring (bicyclic) bond motifs is 3. The zero-order valence-electron chi connectivity index (χ0n) is 17.8. The summed E-state index contributed by atoms with van der Waals surface area (Å²) < 4.78 is 6.13. The van der Waals surface area contributed by atoms with Gasteiger partial charge in [-0.05, 0) is 42.9 Å². The average molecular weight is 422 g/mol. The first kappa shape index (κ1) is 20.8. The van der Waals surface area contributed by atoms with Crippen LogP contribution in [-0.4, -0.2) is 27.4 Å². The van der Waals surface area contributed by atoms with Crippen LogP contribution < -0.4 is 5.43 Å². The molecule has 1 aromatic heterocycles. The molecule has 0 aliphatic heterocycles. The number of amides is 1. The number of phenols is 3.